The van der Waals surface area contributed by atoms with Crippen molar-refractivity contribution in [3.05, 3.63) is 0 Å². The van der Waals surface area contributed by atoms with Crippen molar-refractivity contribution in [2.24, 2.45) is 11.8 Å². The van der Waals surface area contributed by atoms with Crippen LogP contribution in [0.2, 0.25) is 0 Å². The first-order valence-electron chi connectivity index (χ1n) is 4.87. The fourth-order valence-corrected chi connectivity index (χ4v) is 1.64. The predicted molar refractivity (Wildman–Crippen MR) is 49.8 cm³/mol. The Labute approximate surface area is 74.9 Å². The fourth-order valence-electron chi connectivity index (χ4n) is 1.64. The van der Waals surface area contributed by atoms with Crippen LogP contribution in [0.1, 0.15) is 33.6 Å². The summed E-state index contributed by atoms with van der Waals surface area (Å²) in [5.74, 6) is 1.55. The number of hydrogen-bond acceptors (Lipinski definition) is 1. The van der Waals surface area contributed by atoms with Gasteiger partial charge in [-0.25, -0.2) is 0 Å². The number of carbonyl (C=O) groups excluding carboxylic acids is 1. The first-order chi connectivity index (χ1) is 5.59. The molecule has 2 heteroatoms. The zero-order chi connectivity index (χ0) is 9.14. The molecule has 0 N–H and O–H groups in total. The molecular weight excluding hydrogens is 150 g/mol. The van der Waals surface area contributed by atoms with Crippen molar-refractivity contribution in [3.63, 3.8) is 0 Å². The third kappa shape index (κ3) is 2.50. The molecule has 1 heterocycles. The summed E-state index contributed by atoms with van der Waals surface area (Å²) in [6, 6.07) is 0. The van der Waals surface area contributed by atoms with Gasteiger partial charge in [0.1, 0.15) is 0 Å². The number of nitrogens with zero attached hydrogens (tertiary/aromatic N) is 1. The van der Waals surface area contributed by atoms with Gasteiger partial charge in [-0.15, -0.1) is 0 Å². The van der Waals surface area contributed by atoms with Crippen molar-refractivity contribution < 1.29 is 4.79 Å². The van der Waals surface area contributed by atoms with Gasteiger partial charge in [-0.1, -0.05) is 20.8 Å². The van der Waals surface area contributed by atoms with E-state index in [0.717, 1.165) is 13.1 Å². The maximum atomic E-state index is 11.5. The van der Waals surface area contributed by atoms with Gasteiger partial charge in [0.25, 0.3) is 0 Å². The molecule has 70 valence electrons. The molecule has 0 aromatic rings. The first kappa shape index (κ1) is 9.56. The zero-order valence-corrected chi connectivity index (χ0v) is 8.34. The lowest BCUT2D eigenvalue weighted by Gasteiger charge is -2.16. The quantitative estimate of drug-likeness (QED) is 0.618. The summed E-state index contributed by atoms with van der Waals surface area (Å²) in [5.41, 5.74) is 0. The minimum atomic E-state index is 0.342. The van der Waals surface area contributed by atoms with Crippen LogP contribution in [-0.4, -0.2) is 23.9 Å². The Balaban J connectivity index is 2.33. The maximum Gasteiger partial charge on any atom is 0.222 e. The Bertz CT molecular complexity index is 165. The maximum absolute atomic E-state index is 11.5. The van der Waals surface area contributed by atoms with Gasteiger partial charge in [-0.2, -0.15) is 0 Å². The monoisotopic (exact) mass is 169 g/mol. The molecule has 1 aliphatic rings. The predicted octanol–water partition coefficient (Wildman–Crippen LogP) is 1.90. The van der Waals surface area contributed by atoms with E-state index in [9.17, 15) is 4.79 Å². The molecular formula is C10H19NO. The Morgan fingerprint density at radius 1 is 1.58 bits per heavy atom. The average Bonchev–Trinajstić information content (AvgIpc) is 2.34. The molecule has 1 aliphatic heterocycles. The molecule has 1 saturated heterocycles. The van der Waals surface area contributed by atoms with E-state index in [1.807, 2.05) is 4.90 Å². The second kappa shape index (κ2) is 3.92. The molecule has 0 aromatic heterocycles. The van der Waals surface area contributed by atoms with Crippen molar-refractivity contribution in [1.82, 2.24) is 4.90 Å². The second-order valence-electron chi connectivity index (χ2n) is 4.33. The molecule has 0 aliphatic carbocycles. The van der Waals surface area contributed by atoms with E-state index < -0.39 is 0 Å². The lowest BCUT2D eigenvalue weighted by molar-refractivity contribution is -0.131. The van der Waals surface area contributed by atoms with Gasteiger partial charge in [-0.05, 0) is 18.3 Å². The van der Waals surface area contributed by atoms with E-state index >= 15 is 0 Å². The molecule has 1 rings (SSSR count). The molecule has 12 heavy (non-hydrogen) atoms. The molecule has 1 fully saturated rings. The van der Waals surface area contributed by atoms with Crippen molar-refractivity contribution in [1.29, 1.82) is 0 Å². The lowest BCUT2D eigenvalue weighted by Crippen LogP contribution is -2.29. The number of amides is 1. The number of rotatable bonds is 2. The minimum absolute atomic E-state index is 0.342. The van der Waals surface area contributed by atoms with Gasteiger partial charge < -0.3 is 4.90 Å². The Hall–Kier alpha value is -0.530. The highest BCUT2D eigenvalue weighted by Crippen LogP contribution is 2.17. The molecule has 0 radical (unpaired) electrons. The molecule has 0 unspecified atom stereocenters. The van der Waals surface area contributed by atoms with Gasteiger partial charge in [0.15, 0.2) is 0 Å². The molecule has 0 bridgehead atoms. The molecule has 2 nitrogen and oxygen atoms in total. The van der Waals surface area contributed by atoms with Gasteiger partial charge in [-0.3, -0.25) is 4.79 Å². The Morgan fingerprint density at radius 3 is 2.67 bits per heavy atom. The Morgan fingerprint density at radius 2 is 2.25 bits per heavy atom. The minimum Gasteiger partial charge on any atom is -0.342 e. The van der Waals surface area contributed by atoms with E-state index in [2.05, 4.69) is 20.8 Å². The van der Waals surface area contributed by atoms with Crippen molar-refractivity contribution in [3.8, 4) is 0 Å². The van der Waals surface area contributed by atoms with Gasteiger partial charge in [0, 0.05) is 19.5 Å². The Kier molecular flexibility index (Phi) is 3.12. The summed E-state index contributed by atoms with van der Waals surface area (Å²) in [6.45, 7) is 8.36. The topological polar surface area (TPSA) is 20.3 Å². The van der Waals surface area contributed by atoms with Crippen LogP contribution < -0.4 is 0 Å². The van der Waals surface area contributed by atoms with Crippen LogP contribution in [0.25, 0.3) is 0 Å². The lowest BCUT2D eigenvalue weighted by atomic mass is 10.1. The SMILES string of the molecule is CC(C)CC(=O)N1CC[C@@H](C)C1. The van der Waals surface area contributed by atoms with Crippen molar-refractivity contribution >= 4 is 5.91 Å². The van der Waals surface area contributed by atoms with E-state index in [1.165, 1.54) is 6.42 Å². The van der Waals surface area contributed by atoms with E-state index in [1.54, 1.807) is 0 Å². The van der Waals surface area contributed by atoms with Crippen LogP contribution in [0.15, 0.2) is 0 Å². The third-order valence-electron chi connectivity index (χ3n) is 2.36. The second-order valence-corrected chi connectivity index (χ2v) is 4.33. The molecule has 0 aromatic carbocycles. The third-order valence-corrected chi connectivity index (χ3v) is 2.36. The highest BCUT2D eigenvalue weighted by Gasteiger charge is 2.22. The van der Waals surface area contributed by atoms with Crippen molar-refractivity contribution in [2.75, 3.05) is 13.1 Å². The summed E-state index contributed by atoms with van der Waals surface area (Å²) in [6.07, 6.45) is 1.90. The standard InChI is InChI=1S/C10H19NO/c1-8(2)6-10(12)11-5-4-9(3)7-11/h8-9H,4-7H2,1-3H3/t9-/m1/s1. The molecule has 1 atom stereocenters. The normalized spacial score (nSPS) is 23.7. The van der Waals surface area contributed by atoms with Crippen LogP contribution >= 0.6 is 0 Å². The molecule has 0 saturated carbocycles. The van der Waals surface area contributed by atoms with Crippen molar-refractivity contribution in [2.45, 2.75) is 33.6 Å². The summed E-state index contributed by atoms with van der Waals surface area (Å²) in [7, 11) is 0. The van der Waals surface area contributed by atoms with Crippen LogP contribution in [0, 0.1) is 11.8 Å². The fraction of sp³-hybridized carbons (Fsp3) is 0.900. The average molecular weight is 169 g/mol. The van der Waals surface area contributed by atoms with E-state index in [4.69, 9.17) is 0 Å². The number of carbonyl (C=O) groups is 1. The highest BCUT2D eigenvalue weighted by molar-refractivity contribution is 5.76. The summed E-state index contributed by atoms with van der Waals surface area (Å²) in [4.78, 5) is 13.5. The first-order valence-corrected chi connectivity index (χ1v) is 4.87. The molecule has 1 amide bonds. The van der Waals surface area contributed by atoms with Crippen LogP contribution in [0.3, 0.4) is 0 Å². The molecule has 0 spiro atoms. The highest BCUT2D eigenvalue weighted by atomic mass is 16.2. The summed E-state index contributed by atoms with van der Waals surface area (Å²) >= 11 is 0. The van der Waals surface area contributed by atoms with Gasteiger partial charge in [0.2, 0.25) is 5.91 Å². The summed E-state index contributed by atoms with van der Waals surface area (Å²) in [5, 5.41) is 0. The largest absolute Gasteiger partial charge is 0.342 e. The van der Waals surface area contributed by atoms with Gasteiger partial charge >= 0.3 is 0 Å². The van der Waals surface area contributed by atoms with Crippen LogP contribution in [-0.2, 0) is 4.79 Å². The smallest absolute Gasteiger partial charge is 0.222 e. The van der Waals surface area contributed by atoms with E-state index in [0.29, 0.717) is 24.2 Å². The van der Waals surface area contributed by atoms with E-state index in [-0.39, 0.29) is 0 Å². The van der Waals surface area contributed by atoms with Gasteiger partial charge in [0.05, 0.1) is 0 Å². The van der Waals surface area contributed by atoms with Crippen LogP contribution in [0.5, 0.6) is 0 Å². The van der Waals surface area contributed by atoms with Crippen LogP contribution in [0.4, 0.5) is 0 Å². The number of hydrogen-bond donors (Lipinski definition) is 0. The zero-order valence-electron chi connectivity index (χ0n) is 8.34. The number of likely N-dealkylation sites (tertiary alicyclic amines) is 1. The summed E-state index contributed by atoms with van der Waals surface area (Å²) < 4.78 is 0.